The number of hydrogen-bond donors (Lipinski definition) is 0. The summed E-state index contributed by atoms with van der Waals surface area (Å²) in [7, 11) is -5.35. The van der Waals surface area contributed by atoms with Gasteiger partial charge in [-0.05, 0) is 45.7 Å². The quantitative estimate of drug-likeness (QED) is 0.331. The van der Waals surface area contributed by atoms with E-state index in [1.807, 2.05) is 19.9 Å². The van der Waals surface area contributed by atoms with Crippen molar-refractivity contribution in [2.24, 2.45) is 16.2 Å². The lowest BCUT2D eigenvalue weighted by atomic mass is 9.88. The highest BCUT2D eigenvalue weighted by Gasteiger charge is 2.45. The van der Waals surface area contributed by atoms with Gasteiger partial charge >= 0.3 is 5.97 Å². The Morgan fingerprint density at radius 2 is 1.76 bits per heavy atom. The highest BCUT2D eigenvalue weighted by molar-refractivity contribution is 7.96. The van der Waals surface area contributed by atoms with E-state index in [-0.39, 0.29) is 19.1 Å². The molecular weight excluding hydrogens is 460 g/mol. The van der Waals surface area contributed by atoms with E-state index in [0.717, 1.165) is 4.31 Å². The first-order valence-corrected chi connectivity index (χ1v) is 14.0. The van der Waals surface area contributed by atoms with Crippen molar-refractivity contribution < 1.29 is 22.2 Å². The third kappa shape index (κ3) is 7.01. The Morgan fingerprint density at radius 3 is 2.18 bits per heavy atom. The summed E-state index contributed by atoms with van der Waals surface area (Å²) < 4.78 is 49.9. The van der Waals surface area contributed by atoms with E-state index in [1.54, 1.807) is 58.0 Å². The normalized spacial score (nSPS) is 16.4. The fraction of sp³-hybridized carbons (Fsp3) is 0.542. The molecule has 7 nitrogen and oxygen atoms in total. The highest BCUT2D eigenvalue weighted by Crippen LogP contribution is 2.31. The molecule has 0 aliphatic carbocycles. The second-order valence-corrected chi connectivity index (χ2v) is 13.8. The van der Waals surface area contributed by atoms with Crippen LogP contribution >= 0.6 is 0 Å². The number of benzene rings is 1. The molecule has 33 heavy (non-hydrogen) atoms. The van der Waals surface area contributed by atoms with Crippen LogP contribution in [0.5, 0.6) is 0 Å². The van der Waals surface area contributed by atoms with Crippen molar-refractivity contribution in [3.8, 4) is 0 Å². The van der Waals surface area contributed by atoms with Crippen LogP contribution in [0.3, 0.4) is 0 Å². The summed E-state index contributed by atoms with van der Waals surface area (Å²) in [4.78, 5) is 13.7. The first kappa shape index (κ1) is 29.1. The number of carbonyl (C=O) groups excluding carboxylic acids is 1. The molecule has 1 rings (SSSR count). The van der Waals surface area contributed by atoms with Gasteiger partial charge in [-0.1, -0.05) is 44.2 Å². The lowest BCUT2D eigenvalue weighted by molar-refractivity contribution is -0.149. The van der Waals surface area contributed by atoms with Gasteiger partial charge in [0.1, 0.15) is 6.04 Å². The molecule has 0 amide bonds. The lowest BCUT2D eigenvalue weighted by Gasteiger charge is -2.38. The Morgan fingerprint density at radius 1 is 1.18 bits per heavy atom. The predicted molar refractivity (Wildman–Crippen MR) is 135 cm³/mol. The molecule has 1 aromatic carbocycles. The summed E-state index contributed by atoms with van der Waals surface area (Å²) in [6, 6.07) is 7.66. The molecule has 0 aromatic heterocycles. The standard InChI is InChI=1S/C24H38N2O5S2/c1-9-17-26(33(29,30)24(5,6)7)22(23(27)31-10-2)21(19(3)4)16-18-32(28,25-8)20-14-12-11-13-15-20/h9,11-16,18-19,21-22H,1,10,17H2,2-8H3/b18-16+/t21-,22-,32?/m0/s1. The number of carbonyl (C=O) groups is 1. The number of ether oxygens (including phenoxy) is 1. The van der Waals surface area contributed by atoms with Gasteiger partial charge in [-0.25, -0.2) is 17.0 Å². The zero-order valence-corrected chi connectivity index (χ0v) is 22.4. The molecule has 186 valence electrons. The van der Waals surface area contributed by atoms with Crippen LogP contribution in [0, 0.1) is 11.8 Å². The largest absolute Gasteiger partial charge is 0.465 e. The van der Waals surface area contributed by atoms with Crippen LogP contribution in [0.2, 0.25) is 0 Å². The first-order valence-electron chi connectivity index (χ1n) is 10.9. The summed E-state index contributed by atoms with van der Waals surface area (Å²) in [6.07, 6.45) is 3.09. The smallest absolute Gasteiger partial charge is 0.325 e. The average molecular weight is 499 g/mol. The SMILES string of the molecule is C=CCN([C@H](C(=O)OCC)[C@@H](/C=C/S(=O)(=NC)c1ccccc1)C(C)C)S(=O)(=O)C(C)(C)C. The van der Waals surface area contributed by atoms with E-state index in [0.29, 0.717) is 4.90 Å². The van der Waals surface area contributed by atoms with Crippen LogP contribution in [-0.4, -0.2) is 53.9 Å². The molecule has 0 N–H and O–H groups in total. The highest BCUT2D eigenvalue weighted by atomic mass is 32.2. The third-order valence-electron chi connectivity index (χ3n) is 5.20. The molecule has 0 bridgehead atoms. The van der Waals surface area contributed by atoms with Gasteiger partial charge in [0.05, 0.1) is 26.0 Å². The fourth-order valence-electron chi connectivity index (χ4n) is 3.28. The van der Waals surface area contributed by atoms with Gasteiger partial charge in [0, 0.05) is 24.9 Å². The summed E-state index contributed by atoms with van der Waals surface area (Å²) in [5, 5.41) is 1.48. The second-order valence-electron chi connectivity index (χ2n) is 8.89. The van der Waals surface area contributed by atoms with E-state index in [1.165, 1.54) is 18.5 Å². The van der Waals surface area contributed by atoms with Gasteiger partial charge in [0.25, 0.3) is 0 Å². The van der Waals surface area contributed by atoms with Crippen molar-refractivity contribution in [2.45, 2.75) is 57.2 Å². The lowest BCUT2D eigenvalue weighted by Crippen LogP contribution is -2.55. The Labute approximate surface area is 200 Å². The molecule has 9 heteroatoms. The van der Waals surface area contributed by atoms with Crippen LogP contribution in [0.4, 0.5) is 0 Å². The van der Waals surface area contributed by atoms with Crippen molar-refractivity contribution >= 4 is 25.7 Å². The van der Waals surface area contributed by atoms with Crippen LogP contribution in [0.25, 0.3) is 0 Å². The number of sulfonamides is 1. The first-order chi connectivity index (χ1) is 15.3. The zero-order chi connectivity index (χ0) is 25.4. The van der Waals surface area contributed by atoms with Crippen molar-refractivity contribution in [1.82, 2.24) is 4.31 Å². The van der Waals surface area contributed by atoms with Gasteiger partial charge in [0.15, 0.2) is 0 Å². The minimum Gasteiger partial charge on any atom is -0.465 e. The Kier molecular flexibility index (Phi) is 10.5. The van der Waals surface area contributed by atoms with Gasteiger partial charge in [-0.3, -0.25) is 4.79 Å². The maximum absolute atomic E-state index is 13.5. The molecule has 0 saturated heterocycles. The van der Waals surface area contributed by atoms with E-state index >= 15 is 0 Å². The van der Waals surface area contributed by atoms with Crippen LogP contribution in [0.1, 0.15) is 41.5 Å². The molecule has 0 heterocycles. The van der Waals surface area contributed by atoms with Crippen LogP contribution in [-0.2, 0) is 29.3 Å². The molecule has 1 unspecified atom stereocenters. The maximum Gasteiger partial charge on any atom is 0.325 e. The molecule has 0 aliphatic rings. The van der Waals surface area contributed by atoms with Crippen LogP contribution in [0.15, 0.2) is 63.7 Å². The number of esters is 1. The number of nitrogens with zero attached hydrogens (tertiary/aromatic N) is 2. The third-order valence-corrected chi connectivity index (χ3v) is 9.76. The number of rotatable bonds is 11. The molecular formula is C24H38N2O5S2. The van der Waals surface area contributed by atoms with E-state index in [2.05, 4.69) is 10.9 Å². The fourth-order valence-corrected chi connectivity index (χ4v) is 6.25. The van der Waals surface area contributed by atoms with Crippen molar-refractivity contribution in [1.29, 1.82) is 0 Å². The number of hydrogen-bond acceptors (Lipinski definition) is 6. The van der Waals surface area contributed by atoms with Gasteiger partial charge in [0.2, 0.25) is 10.0 Å². The van der Waals surface area contributed by atoms with E-state index < -0.39 is 42.4 Å². The molecule has 1 aromatic rings. The van der Waals surface area contributed by atoms with Gasteiger partial charge < -0.3 is 4.74 Å². The summed E-state index contributed by atoms with van der Waals surface area (Å²) in [6.45, 7) is 13.9. The molecule has 0 fully saturated rings. The van der Waals surface area contributed by atoms with Crippen molar-refractivity contribution in [3.05, 3.63) is 54.5 Å². The minimum atomic E-state index is -3.92. The van der Waals surface area contributed by atoms with Gasteiger partial charge in [-0.15, -0.1) is 6.58 Å². The Bertz CT molecular complexity index is 1050. The molecule has 0 saturated carbocycles. The second kappa shape index (κ2) is 11.9. The topological polar surface area (TPSA) is 93.1 Å². The van der Waals surface area contributed by atoms with Gasteiger partial charge in [-0.2, -0.15) is 4.31 Å². The maximum atomic E-state index is 13.5. The molecule has 0 radical (unpaired) electrons. The van der Waals surface area contributed by atoms with E-state index in [9.17, 15) is 17.4 Å². The Hall–Kier alpha value is -1.97. The minimum absolute atomic E-state index is 0.0631. The Balaban J connectivity index is 3.71. The van der Waals surface area contributed by atoms with Crippen molar-refractivity contribution in [2.75, 3.05) is 20.2 Å². The van der Waals surface area contributed by atoms with Crippen molar-refractivity contribution in [3.63, 3.8) is 0 Å². The predicted octanol–water partition coefficient (Wildman–Crippen LogP) is 4.48. The molecule has 0 spiro atoms. The summed E-state index contributed by atoms with van der Waals surface area (Å²) >= 11 is 0. The monoisotopic (exact) mass is 498 g/mol. The average Bonchev–Trinajstić information content (AvgIpc) is 2.74. The van der Waals surface area contributed by atoms with Crippen LogP contribution < -0.4 is 0 Å². The summed E-state index contributed by atoms with van der Waals surface area (Å²) in [5.41, 5.74) is 0. The summed E-state index contributed by atoms with van der Waals surface area (Å²) in [5.74, 6) is -1.45. The molecule has 0 aliphatic heterocycles. The molecule has 3 atom stereocenters. The zero-order valence-electron chi connectivity index (χ0n) is 20.7. The van der Waals surface area contributed by atoms with E-state index in [4.69, 9.17) is 4.74 Å².